The van der Waals surface area contributed by atoms with Crippen molar-refractivity contribution in [3.8, 4) is 0 Å². The highest BCUT2D eigenvalue weighted by Crippen LogP contribution is 2.35. The lowest BCUT2D eigenvalue weighted by Gasteiger charge is -2.42. The largest absolute Gasteiger partial charge is 0.469 e. The zero-order chi connectivity index (χ0) is 21.9. The van der Waals surface area contributed by atoms with Crippen LogP contribution in [-0.2, 0) is 21.2 Å². The number of hydrogen-bond donors (Lipinski definition) is 0. The predicted molar refractivity (Wildman–Crippen MR) is 132 cm³/mol. The number of rotatable bonds is 12. The van der Waals surface area contributed by atoms with E-state index < -0.39 is 42.1 Å². The fraction of sp³-hybridized carbons (Fsp3) is 0.938. The van der Waals surface area contributed by atoms with Gasteiger partial charge in [0.05, 0.1) is 0 Å². The molecule has 27 heavy (non-hydrogen) atoms. The second-order valence-electron chi connectivity index (χ2n) is 11.2. The first-order valence-corrected chi connectivity index (χ1v) is 26.3. The van der Waals surface area contributed by atoms with E-state index in [-0.39, 0.29) is 5.92 Å². The summed E-state index contributed by atoms with van der Waals surface area (Å²) in [6.45, 7) is 28.5. The molecule has 11 heteroatoms. The molecule has 0 amide bonds. The normalized spacial score (nSPS) is 16.2. The van der Waals surface area contributed by atoms with Crippen molar-refractivity contribution in [1.82, 2.24) is 0 Å². The Morgan fingerprint density at radius 1 is 0.667 bits per heavy atom. The van der Waals surface area contributed by atoms with E-state index >= 15 is 0 Å². The Balaban J connectivity index is 5.72. The van der Waals surface area contributed by atoms with Gasteiger partial charge >= 0.3 is 8.80 Å². The van der Waals surface area contributed by atoms with Crippen LogP contribution in [0.1, 0.15) is 6.92 Å². The molecule has 0 fully saturated rings. The molecule has 0 N–H and O–H groups in total. The second-order valence-corrected chi connectivity index (χ2v) is 33.5. The molecule has 1 unspecified atom stereocenters. The molecule has 0 heterocycles. The van der Waals surface area contributed by atoms with E-state index in [9.17, 15) is 0 Å². The van der Waals surface area contributed by atoms with E-state index in [0.29, 0.717) is 10.5 Å². The topological polar surface area (TPSA) is 46.2 Å². The minimum atomic E-state index is -2.78. The lowest BCUT2D eigenvalue weighted by Crippen LogP contribution is -2.57. The molecule has 1 radical (unpaired) electrons. The van der Waals surface area contributed by atoms with Gasteiger partial charge in [0.15, 0.2) is 33.3 Å². The van der Waals surface area contributed by atoms with E-state index in [1.54, 1.807) is 0 Å². The second kappa shape index (κ2) is 9.94. The maximum absolute atomic E-state index is 6.63. The Hall–Kier alpha value is 1.10. The summed E-state index contributed by atoms with van der Waals surface area (Å²) in [5.41, 5.74) is 0. The summed E-state index contributed by atoms with van der Waals surface area (Å²) >= 11 is 0. The van der Waals surface area contributed by atoms with Gasteiger partial charge in [-0.1, -0.05) is 6.92 Å². The Kier molecular flexibility index (Phi) is 10.3. The van der Waals surface area contributed by atoms with Crippen molar-refractivity contribution in [2.24, 2.45) is 5.92 Å². The van der Waals surface area contributed by atoms with Gasteiger partial charge in [0.25, 0.3) is 0 Å². The molecule has 0 aromatic carbocycles. The van der Waals surface area contributed by atoms with Crippen LogP contribution in [0.2, 0.25) is 84.6 Å². The molecule has 0 spiro atoms. The lowest BCUT2D eigenvalue weighted by atomic mass is 10.2. The minimum Gasteiger partial charge on any atom is -0.425 e. The quantitative estimate of drug-likeness (QED) is 0.373. The summed E-state index contributed by atoms with van der Waals surface area (Å²) in [6, 6.07) is 0.718. The molecule has 1 atom stereocenters. The first kappa shape index (κ1) is 28.1. The third-order valence-electron chi connectivity index (χ3n) is 3.01. The van der Waals surface area contributed by atoms with Gasteiger partial charge < -0.3 is 21.2 Å². The van der Waals surface area contributed by atoms with Crippen LogP contribution in [0.25, 0.3) is 0 Å². The average molecular weight is 486 g/mol. The maximum atomic E-state index is 6.63. The van der Waals surface area contributed by atoms with Gasteiger partial charge in [-0.25, -0.2) is 0 Å². The molecule has 0 bridgehead atoms. The summed E-state index contributed by atoms with van der Waals surface area (Å²) in [7, 11) is -9.40. The van der Waals surface area contributed by atoms with E-state index in [4.69, 9.17) is 21.2 Å². The molecule has 0 aromatic heterocycles. The predicted octanol–water partition coefficient (Wildman–Crippen LogP) is 4.75. The van der Waals surface area contributed by atoms with Crippen LogP contribution in [0.5, 0.6) is 0 Å². The number of hydrogen-bond acceptors (Lipinski definition) is 5. The molecule has 0 aliphatic carbocycles. The maximum Gasteiger partial charge on any atom is 0.469 e. The van der Waals surface area contributed by atoms with E-state index in [0.717, 1.165) is 12.3 Å². The van der Waals surface area contributed by atoms with Gasteiger partial charge in [0.1, 0.15) is 10.5 Å². The van der Waals surface area contributed by atoms with Crippen LogP contribution in [0.15, 0.2) is 0 Å². The van der Waals surface area contributed by atoms with Gasteiger partial charge in [0.2, 0.25) is 6.29 Å². The third kappa shape index (κ3) is 13.9. The molecule has 0 aliphatic heterocycles. The summed E-state index contributed by atoms with van der Waals surface area (Å²) < 4.78 is 32.2. The Morgan fingerprint density at radius 2 is 1.00 bits per heavy atom. The van der Waals surface area contributed by atoms with Crippen molar-refractivity contribution in [3.63, 3.8) is 0 Å². The van der Waals surface area contributed by atoms with Crippen LogP contribution >= 0.6 is 0 Å². The highest BCUT2D eigenvalue weighted by molar-refractivity contribution is 6.86. The summed E-state index contributed by atoms with van der Waals surface area (Å²) in [5, 5.41) is 0. The van der Waals surface area contributed by atoms with E-state index in [1.807, 2.05) is 0 Å². The van der Waals surface area contributed by atoms with Crippen molar-refractivity contribution in [3.05, 3.63) is 6.29 Å². The Bertz CT molecular complexity index is 418. The zero-order valence-electron chi connectivity index (χ0n) is 20.3. The molecule has 0 saturated carbocycles. The molecule has 0 saturated heterocycles. The lowest BCUT2D eigenvalue weighted by molar-refractivity contribution is 0.0673. The van der Waals surface area contributed by atoms with Crippen LogP contribution < -0.4 is 0 Å². The average Bonchev–Trinajstić information content (AvgIpc) is 2.29. The minimum absolute atomic E-state index is 0.0803. The first-order valence-electron chi connectivity index (χ1n) is 9.87. The summed E-state index contributed by atoms with van der Waals surface area (Å²) in [6.07, 6.45) is 0.766. The van der Waals surface area contributed by atoms with Crippen LogP contribution in [0, 0.1) is 12.2 Å². The van der Waals surface area contributed by atoms with Crippen molar-refractivity contribution in [2.45, 2.75) is 91.5 Å². The fourth-order valence-corrected chi connectivity index (χ4v) is 16.7. The molecule has 0 aromatic rings. The highest BCUT2D eigenvalue weighted by atomic mass is 28.5. The first-order chi connectivity index (χ1) is 11.7. The molecule has 0 aliphatic rings. The Morgan fingerprint density at radius 3 is 1.22 bits per heavy atom. The molecular formula is C16H45O5Si6. The van der Waals surface area contributed by atoms with Crippen LogP contribution in [0.3, 0.4) is 0 Å². The van der Waals surface area contributed by atoms with Crippen molar-refractivity contribution in [1.29, 1.82) is 0 Å². The summed E-state index contributed by atoms with van der Waals surface area (Å²) in [4.78, 5) is 0. The molecule has 0 rings (SSSR count). The van der Waals surface area contributed by atoms with Gasteiger partial charge in [-0.2, -0.15) is 0 Å². The third-order valence-corrected chi connectivity index (χ3v) is 15.6. The van der Waals surface area contributed by atoms with Crippen molar-refractivity contribution in [2.75, 3.05) is 0 Å². The Labute approximate surface area is 177 Å². The van der Waals surface area contributed by atoms with Crippen LogP contribution in [0.4, 0.5) is 0 Å². The standard InChI is InChI=1S/C16H45O5Si6/c1-15(16(17-23(2,3)4)18-24(5,6)7)14-27(19-22,20-25(8,9)10)21-26(11,12)13/h15H,14H2,1-13,22H3. The van der Waals surface area contributed by atoms with Gasteiger partial charge in [0, 0.05) is 12.0 Å². The monoisotopic (exact) mass is 485 g/mol. The molecule has 5 nitrogen and oxygen atoms in total. The molecule has 163 valence electrons. The van der Waals surface area contributed by atoms with Gasteiger partial charge in [-0.15, -0.1) is 0 Å². The van der Waals surface area contributed by atoms with Gasteiger partial charge in [-0.05, 0) is 78.6 Å². The van der Waals surface area contributed by atoms with Gasteiger partial charge in [-0.3, -0.25) is 0 Å². The van der Waals surface area contributed by atoms with E-state index in [2.05, 4.69) is 85.5 Å². The fourth-order valence-electron chi connectivity index (χ4n) is 2.49. The van der Waals surface area contributed by atoms with Crippen molar-refractivity contribution < 1.29 is 21.2 Å². The van der Waals surface area contributed by atoms with Crippen molar-refractivity contribution >= 4 is 52.6 Å². The zero-order valence-corrected chi connectivity index (χ0v) is 27.3. The summed E-state index contributed by atoms with van der Waals surface area (Å²) in [5.74, 6) is 0.0803. The smallest absolute Gasteiger partial charge is 0.425 e. The highest BCUT2D eigenvalue weighted by Gasteiger charge is 2.49. The van der Waals surface area contributed by atoms with Crippen LogP contribution in [-0.4, -0.2) is 52.6 Å². The SMILES string of the molecule is CC(C[Si](O[SiH3])(O[Si](C)(C)C)O[Si](C)(C)C)[C](O[Si](C)(C)C)O[Si](C)(C)C. The van der Waals surface area contributed by atoms with E-state index in [1.165, 1.54) is 0 Å². The molecular weight excluding hydrogens is 441 g/mol.